The summed E-state index contributed by atoms with van der Waals surface area (Å²) in [4.78, 5) is 12.8. The summed E-state index contributed by atoms with van der Waals surface area (Å²) in [6.45, 7) is 0.853. The Morgan fingerprint density at radius 1 is 1.38 bits per heavy atom. The number of halogens is 1. The molecule has 0 aromatic carbocycles. The predicted octanol–water partition coefficient (Wildman–Crippen LogP) is 3.18. The third kappa shape index (κ3) is 3.35. The second-order valence-corrected chi connectivity index (χ2v) is 7.25. The van der Waals surface area contributed by atoms with E-state index in [1.807, 2.05) is 18.6 Å². The van der Waals surface area contributed by atoms with Crippen molar-refractivity contribution in [3.05, 3.63) is 22.5 Å². The average molecular weight is 385 g/mol. The first kappa shape index (κ1) is 14.7. The minimum Gasteiger partial charge on any atom is -0.369 e. The van der Waals surface area contributed by atoms with E-state index < -0.39 is 0 Å². The van der Waals surface area contributed by atoms with Crippen molar-refractivity contribution in [2.45, 2.75) is 10.8 Å². The van der Waals surface area contributed by atoms with Gasteiger partial charge in [-0.2, -0.15) is 5.10 Å². The summed E-state index contributed by atoms with van der Waals surface area (Å²) >= 11 is 6.91. The molecule has 0 bridgehead atoms. The van der Waals surface area contributed by atoms with Crippen molar-refractivity contribution < 1.29 is 0 Å². The lowest BCUT2D eigenvalue weighted by atomic mass is 10.4. The molecule has 3 rings (SSSR count). The standard InChI is InChI=1S/C12H13BrN6S2/c1-19-11-8(9(13)18-19)10(16-7-17-11)14-3-2-5-20-12-15-4-6-21-12/h4,6-7H,2-3,5H2,1H3,(H,14,16,17). The number of rotatable bonds is 6. The molecule has 3 aromatic heterocycles. The molecule has 0 fully saturated rings. The molecule has 0 saturated carbocycles. The van der Waals surface area contributed by atoms with Gasteiger partial charge in [0.1, 0.15) is 21.1 Å². The maximum absolute atomic E-state index is 4.31. The Bertz CT molecular complexity index is 727. The highest BCUT2D eigenvalue weighted by Crippen LogP contribution is 2.27. The number of aryl methyl sites for hydroxylation is 1. The van der Waals surface area contributed by atoms with Crippen LogP contribution in [0.3, 0.4) is 0 Å². The van der Waals surface area contributed by atoms with Crippen LogP contribution in [0.25, 0.3) is 11.0 Å². The van der Waals surface area contributed by atoms with Crippen LogP contribution in [-0.2, 0) is 7.05 Å². The van der Waals surface area contributed by atoms with Gasteiger partial charge in [0.2, 0.25) is 0 Å². The zero-order valence-corrected chi connectivity index (χ0v) is 14.5. The molecule has 1 N–H and O–H groups in total. The molecule has 0 atom stereocenters. The summed E-state index contributed by atoms with van der Waals surface area (Å²) in [6.07, 6.45) is 4.43. The number of hydrogen-bond donors (Lipinski definition) is 1. The van der Waals surface area contributed by atoms with Crippen LogP contribution < -0.4 is 5.32 Å². The number of nitrogens with zero attached hydrogens (tertiary/aromatic N) is 5. The van der Waals surface area contributed by atoms with Gasteiger partial charge >= 0.3 is 0 Å². The Morgan fingerprint density at radius 3 is 3.10 bits per heavy atom. The Morgan fingerprint density at radius 2 is 2.29 bits per heavy atom. The van der Waals surface area contributed by atoms with Gasteiger partial charge in [0, 0.05) is 30.9 Å². The number of fused-ring (bicyclic) bond motifs is 1. The second kappa shape index (κ2) is 6.71. The average Bonchev–Trinajstić information content (AvgIpc) is 3.08. The molecule has 9 heteroatoms. The minimum atomic E-state index is 0.764. The summed E-state index contributed by atoms with van der Waals surface area (Å²) in [5.41, 5.74) is 0.816. The van der Waals surface area contributed by atoms with Gasteiger partial charge in [0.25, 0.3) is 0 Å². The van der Waals surface area contributed by atoms with Crippen molar-refractivity contribution in [2.75, 3.05) is 17.6 Å². The lowest BCUT2D eigenvalue weighted by molar-refractivity contribution is 0.777. The van der Waals surface area contributed by atoms with E-state index in [2.05, 4.69) is 41.3 Å². The van der Waals surface area contributed by atoms with Crippen LogP contribution in [0.1, 0.15) is 6.42 Å². The molecule has 0 unspecified atom stereocenters. The first-order valence-corrected chi connectivity index (χ1v) is 9.01. The highest BCUT2D eigenvalue weighted by Gasteiger charge is 2.12. The zero-order valence-electron chi connectivity index (χ0n) is 11.3. The van der Waals surface area contributed by atoms with Crippen molar-refractivity contribution in [1.82, 2.24) is 24.7 Å². The van der Waals surface area contributed by atoms with E-state index in [0.29, 0.717) is 0 Å². The summed E-state index contributed by atoms with van der Waals surface area (Å²) in [7, 11) is 1.87. The fourth-order valence-electron chi connectivity index (χ4n) is 1.89. The lowest BCUT2D eigenvalue weighted by Gasteiger charge is -2.06. The van der Waals surface area contributed by atoms with Crippen molar-refractivity contribution in [2.24, 2.45) is 7.05 Å². The van der Waals surface area contributed by atoms with Gasteiger partial charge in [-0.3, -0.25) is 0 Å². The van der Waals surface area contributed by atoms with Gasteiger partial charge in [0.05, 0.1) is 5.39 Å². The highest BCUT2D eigenvalue weighted by atomic mass is 79.9. The van der Waals surface area contributed by atoms with Crippen LogP contribution in [0.5, 0.6) is 0 Å². The molecule has 0 saturated heterocycles. The van der Waals surface area contributed by atoms with Crippen molar-refractivity contribution in [3.8, 4) is 0 Å². The Labute approximate surface area is 138 Å². The van der Waals surface area contributed by atoms with Gasteiger partial charge in [-0.15, -0.1) is 11.3 Å². The van der Waals surface area contributed by atoms with Crippen molar-refractivity contribution in [3.63, 3.8) is 0 Å². The zero-order chi connectivity index (χ0) is 14.7. The van der Waals surface area contributed by atoms with Gasteiger partial charge in [-0.1, -0.05) is 11.8 Å². The molecule has 0 amide bonds. The SMILES string of the molecule is Cn1nc(Br)c2c(NCCCSc3nccs3)ncnc21. The molecule has 3 aromatic rings. The second-order valence-electron chi connectivity index (χ2n) is 4.26. The largest absolute Gasteiger partial charge is 0.369 e. The fraction of sp³-hybridized carbons (Fsp3) is 0.333. The Kier molecular flexibility index (Phi) is 4.71. The van der Waals surface area contributed by atoms with E-state index in [0.717, 1.165) is 44.5 Å². The van der Waals surface area contributed by atoms with Gasteiger partial charge in [0.15, 0.2) is 5.65 Å². The topological polar surface area (TPSA) is 68.5 Å². The quantitative estimate of drug-likeness (QED) is 0.519. The molecule has 0 radical (unpaired) electrons. The van der Waals surface area contributed by atoms with E-state index in [1.165, 1.54) is 0 Å². The molecule has 21 heavy (non-hydrogen) atoms. The third-order valence-corrected chi connectivity index (χ3v) is 5.43. The van der Waals surface area contributed by atoms with Crippen LogP contribution in [0.4, 0.5) is 5.82 Å². The number of thioether (sulfide) groups is 1. The lowest BCUT2D eigenvalue weighted by Crippen LogP contribution is -2.05. The smallest absolute Gasteiger partial charge is 0.164 e. The fourth-order valence-corrected chi connectivity index (χ4v) is 4.15. The Hall–Kier alpha value is -1.19. The number of hydrogen-bond acceptors (Lipinski definition) is 7. The van der Waals surface area contributed by atoms with E-state index in [1.54, 1.807) is 34.1 Å². The van der Waals surface area contributed by atoms with Crippen molar-refractivity contribution in [1.29, 1.82) is 0 Å². The van der Waals surface area contributed by atoms with Gasteiger partial charge in [-0.05, 0) is 22.4 Å². The summed E-state index contributed by atoms with van der Waals surface area (Å²) in [5.74, 6) is 1.85. The summed E-state index contributed by atoms with van der Waals surface area (Å²) in [5, 5.41) is 10.6. The summed E-state index contributed by atoms with van der Waals surface area (Å²) < 4.78 is 3.62. The molecule has 0 aliphatic heterocycles. The summed E-state index contributed by atoms with van der Waals surface area (Å²) in [6, 6.07) is 0. The van der Waals surface area contributed by atoms with Gasteiger partial charge < -0.3 is 5.32 Å². The number of nitrogens with one attached hydrogen (secondary N) is 1. The molecular weight excluding hydrogens is 372 g/mol. The highest BCUT2D eigenvalue weighted by molar-refractivity contribution is 9.10. The molecule has 6 nitrogen and oxygen atoms in total. The molecule has 0 aliphatic rings. The number of thiazole rings is 1. The first-order valence-electron chi connectivity index (χ1n) is 6.35. The van der Waals surface area contributed by atoms with E-state index in [-0.39, 0.29) is 0 Å². The van der Waals surface area contributed by atoms with Gasteiger partial charge in [-0.25, -0.2) is 19.6 Å². The van der Waals surface area contributed by atoms with Crippen LogP contribution >= 0.6 is 39.0 Å². The van der Waals surface area contributed by atoms with E-state index in [4.69, 9.17) is 0 Å². The van der Waals surface area contributed by atoms with Crippen molar-refractivity contribution >= 4 is 55.9 Å². The van der Waals surface area contributed by atoms with Crippen LogP contribution in [0.15, 0.2) is 26.8 Å². The maximum Gasteiger partial charge on any atom is 0.164 e. The van der Waals surface area contributed by atoms with E-state index in [9.17, 15) is 0 Å². The molecule has 0 spiro atoms. The van der Waals surface area contributed by atoms with Crippen LogP contribution in [0, 0.1) is 0 Å². The molecule has 3 heterocycles. The van der Waals surface area contributed by atoms with Crippen LogP contribution in [0.2, 0.25) is 0 Å². The van der Waals surface area contributed by atoms with E-state index >= 15 is 0 Å². The molecule has 110 valence electrons. The normalized spacial score (nSPS) is 11.1. The number of aromatic nitrogens is 5. The Balaban J connectivity index is 1.58. The number of anilines is 1. The predicted molar refractivity (Wildman–Crippen MR) is 89.9 cm³/mol. The first-order chi connectivity index (χ1) is 10.3. The molecular formula is C12H13BrN6S2. The monoisotopic (exact) mass is 384 g/mol. The molecule has 0 aliphatic carbocycles. The van der Waals surface area contributed by atoms with Crippen LogP contribution in [-0.4, -0.2) is 37.0 Å². The minimum absolute atomic E-state index is 0.764. The third-order valence-electron chi connectivity index (χ3n) is 2.83. The maximum atomic E-state index is 4.31.